The number of nitrogens with zero attached hydrogens (tertiary/aromatic N) is 3. The summed E-state index contributed by atoms with van der Waals surface area (Å²) in [6.45, 7) is 4.20. The number of likely N-dealkylation sites (tertiary alicyclic amines) is 1. The van der Waals surface area contributed by atoms with Gasteiger partial charge in [-0.3, -0.25) is 23.9 Å². The third-order valence-electron chi connectivity index (χ3n) is 13.2. The number of amides is 4. The van der Waals surface area contributed by atoms with Crippen LogP contribution < -0.4 is 19.5 Å². The van der Waals surface area contributed by atoms with Crippen molar-refractivity contribution in [2.75, 3.05) is 13.7 Å². The highest BCUT2D eigenvalue weighted by molar-refractivity contribution is 7.91. The van der Waals surface area contributed by atoms with Crippen molar-refractivity contribution >= 4 is 44.6 Å². The predicted molar refractivity (Wildman–Crippen MR) is 227 cm³/mol. The number of allylic oxidation sites excluding steroid dienone is 1. The van der Waals surface area contributed by atoms with Gasteiger partial charge in [0.25, 0.3) is 5.91 Å². The highest BCUT2D eigenvalue weighted by atomic mass is 32.2. The Labute approximate surface area is 352 Å². The molecule has 14 heteroatoms. The van der Waals surface area contributed by atoms with Crippen LogP contribution in [0.25, 0.3) is 22.2 Å². The molecule has 4 amide bonds. The summed E-state index contributed by atoms with van der Waals surface area (Å²) >= 11 is 0. The number of methoxy groups -OCH3 is 1. The van der Waals surface area contributed by atoms with E-state index in [1.807, 2.05) is 71.6 Å². The maximum Gasteiger partial charge on any atom is 0.259 e. The van der Waals surface area contributed by atoms with Crippen LogP contribution in [0.1, 0.15) is 97.3 Å². The topological polar surface area (TPSA) is 164 Å². The molecule has 8 rings (SSSR count). The van der Waals surface area contributed by atoms with Gasteiger partial charge < -0.3 is 24.6 Å². The van der Waals surface area contributed by atoms with Gasteiger partial charge in [0, 0.05) is 59.8 Å². The van der Waals surface area contributed by atoms with Crippen LogP contribution >= 0.6 is 0 Å². The minimum atomic E-state index is -3.89. The lowest BCUT2D eigenvalue weighted by atomic mass is 9.92. The second kappa shape index (κ2) is 17.2. The molecule has 5 aliphatic rings. The van der Waals surface area contributed by atoms with Gasteiger partial charge in [-0.1, -0.05) is 55.3 Å². The highest BCUT2D eigenvalue weighted by Crippen LogP contribution is 2.46. The van der Waals surface area contributed by atoms with Crippen molar-refractivity contribution in [1.82, 2.24) is 24.8 Å². The molecule has 0 spiro atoms. The fraction of sp³-hybridized carbons (Fsp3) is 0.543. The maximum absolute atomic E-state index is 15.0. The zero-order valence-electron chi connectivity index (χ0n) is 34.8. The Hall–Kier alpha value is -4.98. The molecule has 0 radical (unpaired) electrons. The number of benzene rings is 2. The Morgan fingerprint density at radius 2 is 1.72 bits per heavy atom. The third kappa shape index (κ3) is 8.75. The molecular formula is C46H57N5O8S. The van der Waals surface area contributed by atoms with E-state index in [0.29, 0.717) is 42.0 Å². The minimum Gasteiger partial charge on any atom is -0.497 e. The largest absolute Gasteiger partial charge is 0.497 e. The standard InChI is InChI=1S/C46H57N5O8S/c1-29-13-12-14-30(2)51(29)42(52)23-32-17-8-5-4-6-11-18-33-27-46(33,45(55)49-60(56,57)36-20-21-36)48-43(53)40-25-35(28-50(40)44(32)54)59-41-26-38(31-15-9-7-10-16-31)47-39-24-34(58-3)19-22-37(39)41/h7,9-11,15-16,18-19,22,24,26,29-30,32-33,35-36,40H,4-6,8,12-14,17,20-21,23,25,27-28H2,1-3H3,(H,48,53)(H,49,55)/b18-11+. The van der Waals surface area contributed by atoms with E-state index in [1.54, 1.807) is 12.0 Å². The van der Waals surface area contributed by atoms with E-state index >= 15 is 4.79 Å². The smallest absolute Gasteiger partial charge is 0.259 e. The van der Waals surface area contributed by atoms with Crippen molar-refractivity contribution in [2.24, 2.45) is 11.8 Å². The Morgan fingerprint density at radius 1 is 0.950 bits per heavy atom. The van der Waals surface area contributed by atoms with Crippen LogP contribution in [0.3, 0.4) is 0 Å². The molecule has 2 saturated carbocycles. The van der Waals surface area contributed by atoms with Crippen molar-refractivity contribution in [3.05, 3.63) is 66.7 Å². The summed E-state index contributed by atoms with van der Waals surface area (Å²) in [5.41, 5.74) is 0.721. The van der Waals surface area contributed by atoms with E-state index in [0.717, 1.165) is 55.9 Å². The van der Waals surface area contributed by atoms with Gasteiger partial charge in [-0.15, -0.1) is 0 Å². The molecule has 2 aliphatic carbocycles. The van der Waals surface area contributed by atoms with Crippen LogP contribution in [0.5, 0.6) is 11.5 Å². The number of ether oxygens (including phenoxy) is 2. The van der Waals surface area contributed by atoms with Crippen molar-refractivity contribution in [3.63, 3.8) is 0 Å². The molecule has 60 heavy (non-hydrogen) atoms. The number of nitrogens with one attached hydrogen (secondary N) is 2. The number of fused-ring (bicyclic) bond motifs is 3. The zero-order valence-corrected chi connectivity index (χ0v) is 35.6. The minimum absolute atomic E-state index is 0.0362. The van der Waals surface area contributed by atoms with E-state index in [9.17, 15) is 22.8 Å². The molecule has 2 aromatic carbocycles. The molecule has 3 aromatic rings. The number of hydrogen-bond donors (Lipinski definition) is 2. The average molecular weight is 840 g/mol. The van der Waals surface area contributed by atoms with Gasteiger partial charge >= 0.3 is 0 Å². The molecule has 4 heterocycles. The Balaban J connectivity index is 1.13. The molecule has 7 unspecified atom stereocenters. The molecule has 3 aliphatic heterocycles. The number of rotatable bonds is 9. The van der Waals surface area contributed by atoms with Crippen LogP contribution in [0.2, 0.25) is 0 Å². The number of hydrogen-bond acceptors (Lipinski definition) is 9. The van der Waals surface area contributed by atoms with E-state index in [2.05, 4.69) is 23.9 Å². The van der Waals surface area contributed by atoms with Gasteiger partial charge in [0.15, 0.2) is 0 Å². The third-order valence-corrected chi connectivity index (χ3v) is 15.0. The van der Waals surface area contributed by atoms with Gasteiger partial charge in [0.1, 0.15) is 29.2 Å². The van der Waals surface area contributed by atoms with Crippen LogP contribution in [0, 0.1) is 11.8 Å². The first-order valence-electron chi connectivity index (χ1n) is 21.7. The quantitative estimate of drug-likeness (QED) is 0.244. The fourth-order valence-electron chi connectivity index (χ4n) is 9.55. The summed E-state index contributed by atoms with van der Waals surface area (Å²) in [6.07, 6.45) is 11.1. The summed E-state index contributed by atoms with van der Waals surface area (Å²) in [7, 11) is -2.30. The second-order valence-electron chi connectivity index (χ2n) is 17.6. The lowest BCUT2D eigenvalue weighted by Crippen LogP contribution is -2.57. The first-order valence-corrected chi connectivity index (χ1v) is 23.3. The maximum atomic E-state index is 15.0. The van der Waals surface area contributed by atoms with Gasteiger partial charge in [0.05, 0.1) is 30.1 Å². The first kappa shape index (κ1) is 41.7. The average Bonchev–Trinajstić information content (AvgIpc) is 4.16. The van der Waals surface area contributed by atoms with E-state index < -0.39 is 56.6 Å². The van der Waals surface area contributed by atoms with E-state index in [1.165, 1.54) is 0 Å². The molecular weight excluding hydrogens is 783 g/mol. The van der Waals surface area contributed by atoms with Gasteiger partial charge in [-0.2, -0.15) is 0 Å². The van der Waals surface area contributed by atoms with E-state index in [4.69, 9.17) is 14.5 Å². The molecule has 2 N–H and O–H groups in total. The lowest BCUT2D eigenvalue weighted by Gasteiger charge is -2.40. The van der Waals surface area contributed by atoms with Crippen LogP contribution in [0.4, 0.5) is 0 Å². The summed E-state index contributed by atoms with van der Waals surface area (Å²) < 4.78 is 40.6. The van der Waals surface area contributed by atoms with Crippen LogP contribution in [-0.2, 0) is 29.2 Å². The van der Waals surface area contributed by atoms with Crippen molar-refractivity contribution in [2.45, 2.75) is 132 Å². The summed E-state index contributed by atoms with van der Waals surface area (Å²) in [6, 6.07) is 16.2. The van der Waals surface area contributed by atoms with Crippen molar-refractivity contribution in [1.29, 1.82) is 0 Å². The number of aromatic nitrogens is 1. The fourth-order valence-corrected chi connectivity index (χ4v) is 10.9. The summed E-state index contributed by atoms with van der Waals surface area (Å²) in [5.74, 6) is -1.59. The second-order valence-corrected chi connectivity index (χ2v) is 19.5. The Bertz CT molecular complexity index is 2250. The SMILES string of the molecule is COc1ccc2c(OC3CC4C(=O)NC5(C(=O)NS(=O)(=O)C6CC6)CC5/C=C/CCCCCC(CC(=O)N5C(C)CCCC5C)C(=O)N4C3)cc(-c3ccccc3)nc2c1. The predicted octanol–water partition coefficient (Wildman–Crippen LogP) is 6.06. The number of carbonyl (C=O) groups is 4. The highest BCUT2D eigenvalue weighted by Gasteiger charge is 2.62. The molecule has 1 aromatic heterocycles. The number of piperidine rings is 1. The molecule has 7 atom stereocenters. The molecule has 2 saturated heterocycles. The monoisotopic (exact) mass is 839 g/mol. The number of sulfonamides is 1. The number of pyridine rings is 1. The lowest BCUT2D eigenvalue weighted by molar-refractivity contribution is -0.147. The van der Waals surface area contributed by atoms with Gasteiger partial charge in [-0.05, 0) is 83.8 Å². The first-order chi connectivity index (χ1) is 28.9. The van der Waals surface area contributed by atoms with Crippen LogP contribution in [0.15, 0.2) is 66.7 Å². The van der Waals surface area contributed by atoms with Crippen LogP contribution in [-0.4, -0.2) is 95.5 Å². The molecule has 320 valence electrons. The van der Waals surface area contributed by atoms with Gasteiger partial charge in [0.2, 0.25) is 27.7 Å². The molecule has 0 bridgehead atoms. The van der Waals surface area contributed by atoms with Crippen molar-refractivity contribution < 1.29 is 37.1 Å². The summed E-state index contributed by atoms with van der Waals surface area (Å²) in [4.78, 5) is 66.1. The number of carbonyl (C=O) groups excluding carboxylic acids is 4. The molecule has 4 fully saturated rings. The van der Waals surface area contributed by atoms with Gasteiger partial charge in [-0.25, -0.2) is 13.4 Å². The molecule has 13 nitrogen and oxygen atoms in total. The van der Waals surface area contributed by atoms with Crippen molar-refractivity contribution in [3.8, 4) is 22.8 Å². The Morgan fingerprint density at radius 3 is 2.45 bits per heavy atom. The zero-order chi connectivity index (χ0) is 42.2. The summed E-state index contributed by atoms with van der Waals surface area (Å²) in [5, 5.41) is 3.08. The normalized spacial score (nSPS) is 29.3. The Kier molecular flexibility index (Phi) is 12.0. The van der Waals surface area contributed by atoms with E-state index in [-0.39, 0.29) is 49.7 Å².